The molecule has 0 aliphatic carbocycles. The lowest BCUT2D eigenvalue weighted by Crippen LogP contribution is -2.24. The first-order valence-electron chi connectivity index (χ1n) is 7.03. The molecular weight excluding hydrogens is 400 g/mol. The second-order valence-corrected chi connectivity index (χ2v) is 6.66. The monoisotopic (exact) mass is 417 g/mol. The molecule has 0 aliphatic heterocycles. The highest BCUT2D eigenvalue weighted by Gasteiger charge is 2.13. The molecule has 0 fully saturated rings. The van der Waals surface area contributed by atoms with Gasteiger partial charge in [-0.2, -0.15) is 0 Å². The van der Waals surface area contributed by atoms with Gasteiger partial charge in [-0.05, 0) is 77.4 Å². The standard InChI is InChI=1S/C17H18ClFIN/c1-2-9-21-17(10-12-3-6-14(20)7-4-12)13-5-8-15(18)16(19)11-13/h3-8,11,17,21H,2,9-10H2,1H3. The second kappa shape index (κ2) is 8.11. The smallest absolute Gasteiger partial charge is 0.142 e. The third-order valence-corrected chi connectivity index (χ3v) is 4.37. The molecule has 4 heteroatoms. The topological polar surface area (TPSA) is 12.0 Å². The lowest BCUT2D eigenvalue weighted by molar-refractivity contribution is 0.524. The van der Waals surface area contributed by atoms with Crippen LogP contribution in [0.5, 0.6) is 0 Å². The molecule has 21 heavy (non-hydrogen) atoms. The maximum atomic E-state index is 13.7. The molecule has 0 spiro atoms. The van der Waals surface area contributed by atoms with Gasteiger partial charge < -0.3 is 5.32 Å². The van der Waals surface area contributed by atoms with Crippen LogP contribution in [0.1, 0.15) is 30.5 Å². The first-order chi connectivity index (χ1) is 10.1. The maximum absolute atomic E-state index is 13.7. The third kappa shape index (κ3) is 4.94. The highest BCUT2D eigenvalue weighted by atomic mass is 127. The van der Waals surface area contributed by atoms with E-state index in [1.54, 1.807) is 6.07 Å². The summed E-state index contributed by atoms with van der Waals surface area (Å²) < 4.78 is 14.9. The highest BCUT2D eigenvalue weighted by molar-refractivity contribution is 14.1. The van der Waals surface area contributed by atoms with Gasteiger partial charge in [0.05, 0.1) is 5.02 Å². The molecule has 2 aromatic carbocycles. The fourth-order valence-corrected chi connectivity index (χ4v) is 2.69. The van der Waals surface area contributed by atoms with Crippen LogP contribution in [0.2, 0.25) is 5.02 Å². The average Bonchev–Trinajstić information content (AvgIpc) is 2.48. The van der Waals surface area contributed by atoms with Crippen molar-refractivity contribution < 1.29 is 4.39 Å². The van der Waals surface area contributed by atoms with Crippen LogP contribution in [0.4, 0.5) is 4.39 Å². The van der Waals surface area contributed by atoms with Crippen LogP contribution in [0.25, 0.3) is 0 Å². The Morgan fingerprint density at radius 2 is 1.90 bits per heavy atom. The largest absolute Gasteiger partial charge is 0.310 e. The van der Waals surface area contributed by atoms with Crippen molar-refractivity contribution in [2.45, 2.75) is 25.8 Å². The average molecular weight is 418 g/mol. The van der Waals surface area contributed by atoms with Crippen molar-refractivity contribution in [3.63, 3.8) is 0 Å². The Labute approximate surface area is 144 Å². The van der Waals surface area contributed by atoms with Gasteiger partial charge in [0.2, 0.25) is 0 Å². The molecule has 1 nitrogen and oxygen atoms in total. The van der Waals surface area contributed by atoms with Gasteiger partial charge in [-0.15, -0.1) is 0 Å². The van der Waals surface area contributed by atoms with E-state index in [4.69, 9.17) is 11.6 Å². The molecule has 0 saturated heterocycles. The molecule has 2 aromatic rings. The number of halogens is 3. The van der Waals surface area contributed by atoms with E-state index in [2.05, 4.69) is 59.1 Å². The molecule has 1 atom stereocenters. The molecule has 0 amide bonds. The Morgan fingerprint density at radius 1 is 1.19 bits per heavy atom. The van der Waals surface area contributed by atoms with Gasteiger partial charge >= 0.3 is 0 Å². The van der Waals surface area contributed by atoms with E-state index < -0.39 is 0 Å². The molecule has 0 aromatic heterocycles. The fourth-order valence-electron chi connectivity index (χ4n) is 2.21. The lowest BCUT2D eigenvalue weighted by atomic mass is 9.98. The second-order valence-electron chi connectivity index (χ2n) is 5.01. The summed E-state index contributed by atoms with van der Waals surface area (Å²) in [5, 5.41) is 3.65. The highest BCUT2D eigenvalue weighted by Crippen LogP contribution is 2.23. The molecular formula is C17H18ClFIN. The van der Waals surface area contributed by atoms with Crippen LogP contribution in [0.15, 0.2) is 42.5 Å². The van der Waals surface area contributed by atoms with Crippen LogP contribution in [-0.4, -0.2) is 6.54 Å². The van der Waals surface area contributed by atoms with E-state index in [1.165, 1.54) is 15.2 Å². The van der Waals surface area contributed by atoms with Gasteiger partial charge in [0.1, 0.15) is 5.82 Å². The summed E-state index contributed by atoms with van der Waals surface area (Å²) in [6.45, 7) is 3.02. The van der Waals surface area contributed by atoms with Crippen LogP contribution in [-0.2, 0) is 6.42 Å². The molecule has 0 heterocycles. The summed E-state index contributed by atoms with van der Waals surface area (Å²) in [7, 11) is 0. The van der Waals surface area contributed by atoms with Gasteiger partial charge in [0.15, 0.2) is 0 Å². The lowest BCUT2D eigenvalue weighted by Gasteiger charge is -2.19. The molecule has 1 unspecified atom stereocenters. The number of hydrogen-bond acceptors (Lipinski definition) is 1. The van der Waals surface area contributed by atoms with Crippen molar-refractivity contribution in [2.75, 3.05) is 6.54 Å². The van der Waals surface area contributed by atoms with Crippen molar-refractivity contribution in [1.82, 2.24) is 5.32 Å². The van der Waals surface area contributed by atoms with E-state index >= 15 is 0 Å². The predicted molar refractivity (Wildman–Crippen MR) is 95.3 cm³/mol. The zero-order valence-corrected chi connectivity index (χ0v) is 14.8. The minimum Gasteiger partial charge on any atom is -0.310 e. The van der Waals surface area contributed by atoms with Gasteiger partial charge in [-0.25, -0.2) is 4.39 Å². The summed E-state index contributed by atoms with van der Waals surface area (Å²) in [5.41, 5.74) is 2.17. The van der Waals surface area contributed by atoms with E-state index in [1.807, 2.05) is 6.07 Å². The predicted octanol–water partition coefficient (Wildman–Crippen LogP) is 5.37. The van der Waals surface area contributed by atoms with Crippen molar-refractivity contribution in [3.05, 3.63) is 68.0 Å². The molecule has 2 rings (SSSR count). The Balaban J connectivity index is 2.20. The van der Waals surface area contributed by atoms with E-state index in [9.17, 15) is 4.39 Å². The number of rotatable bonds is 6. The molecule has 0 saturated carbocycles. The summed E-state index contributed by atoms with van der Waals surface area (Å²) >= 11 is 8.06. The van der Waals surface area contributed by atoms with Crippen molar-refractivity contribution in [2.24, 2.45) is 0 Å². The molecule has 0 bridgehead atoms. The van der Waals surface area contributed by atoms with Crippen LogP contribution < -0.4 is 5.32 Å². The van der Waals surface area contributed by atoms with Gasteiger partial charge in [-0.1, -0.05) is 36.7 Å². The summed E-state index contributed by atoms with van der Waals surface area (Å²) in [4.78, 5) is 0. The Bertz CT molecular complexity index is 586. The minimum absolute atomic E-state index is 0.0942. The van der Waals surface area contributed by atoms with E-state index in [-0.39, 0.29) is 16.9 Å². The Hall–Kier alpha value is -0.650. The van der Waals surface area contributed by atoms with Gasteiger partial charge in [0.25, 0.3) is 0 Å². The van der Waals surface area contributed by atoms with Gasteiger partial charge in [0, 0.05) is 9.61 Å². The molecule has 0 aliphatic rings. The first kappa shape index (κ1) is 16.7. The third-order valence-electron chi connectivity index (χ3n) is 3.34. The minimum atomic E-state index is -0.361. The summed E-state index contributed by atoms with van der Waals surface area (Å²) in [5.74, 6) is -0.361. The number of nitrogens with one attached hydrogen (secondary N) is 1. The SMILES string of the molecule is CCCNC(Cc1ccc(I)cc1)c1ccc(Cl)c(F)c1. The van der Waals surface area contributed by atoms with Crippen molar-refractivity contribution in [1.29, 1.82) is 0 Å². The Kier molecular flexibility index (Phi) is 6.45. The first-order valence-corrected chi connectivity index (χ1v) is 8.48. The van der Waals surface area contributed by atoms with E-state index in [0.29, 0.717) is 0 Å². The summed E-state index contributed by atoms with van der Waals surface area (Å²) in [6.07, 6.45) is 1.87. The normalized spacial score (nSPS) is 12.4. The zero-order valence-electron chi connectivity index (χ0n) is 11.9. The number of benzene rings is 2. The Morgan fingerprint density at radius 3 is 2.52 bits per heavy atom. The number of hydrogen-bond donors (Lipinski definition) is 1. The zero-order chi connectivity index (χ0) is 15.2. The fraction of sp³-hybridized carbons (Fsp3) is 0.294. The van der Waals surface area contributed by atoms with Crippen LogP contribution in [0, 0.1) is 9.39 Å². The maximum Gasteiger partial charge on any atom is 0.142 e. The quantitative estimate of drug-likeness (QED) is 0.623. The molecule has 112 valence electrons. The summed E-state index contributed by atoms with van der Waals surface area (Å²) in [6, 6.07) is 13.6. The molecule has 0 radical (unpaired) electrons. The van der Waals surface area contributed by atoms with Crippen LogP contribution >= 0.6 is 34.2 Å². The van der Waals surface area contributed by atoms with Crippen LogP contribution in [0.3, 0.4) is 0 Å². The molecule has 1 N–H and O–H groups in total. The van der Waals surface area contributed by atoms with Crippen molar-refractivity contribution >= 4 is 34.2 Å². The van der Waals surface area contributed by atoms with E-state index in [0.717, 1.165) is 24.9 Å². The van der Waals surface area contributed by atoms with Crippen molar-refractivity contribution in [3.8, 4) is 0 Å². The van der Waals surface area contributed by atoms with Gasteiger partial charge in [-0.3, -0.25) is 0 Å².